The number of benzene rings is 2. The van der Waals surface area contributed by atoms with Crippen LogP contribution in [0.5, 0.6) is 5.88 Å². The first-order valence-electron chi connectivity index (χ1n) is 7.11. The summed E-state index contributed by atoms with van der Waals surface area (Å²) in [6, 6.07) is 11.3. The van der Waals surface area contributed by atoms with E-state index in [1.54, 1.807) is 12.1 Å². The van der Waals surface area contributed by atoms with E-state index < -0.39 is 23.1 Å². The molecule has 3 aromatic rings. The molecule has 0 radical (unpaired) electrons. The number of H-pyrrole nitrogens is 1. The zero-order valence-electron chi connectivity index (χ0n) is 12.6. The topological polar surface area (TPSA) is 70.4 Å². The summed E-state index contributed by atoms with van der Waals surface area (Å²) in [5.41, 5.74) is -1.06. The Bertz CT molecular complexity index is 1090. The summed E-state index contributed by atoms with van der Waals surface area (Å²) in [5.74, 6) is -1.83. The molecule has 1 heterocycles. The van der Waals surface area contributed by atoms with E-state index in [4.69, 9.17) is 12.2 Å². The second-order valence-corrected chi connectivity index (χ2v) is 5.38. The average molecular weight is 359 g/mol. The van der Waals surface area contributed by atoms with Crippen LogP contribution < -0.4 is 5.56 Å². The highest BCUT2D eigenvalue weighted by Gasteiger charge is 2.15. The van der Waals surface area contributed by atoms with Gasteiger partial charge in [-0.15, -0.1) is 0 Å². The monoisotopic (exact) mass is 359 g/mol. The van der Waals surface area contributed by atoms with Crippen molar-refractivity contribution in [2.45, 2.75) is 0 Å². The number of hydrogen-bond donors (Lipinski definition) is 2. The Morgan fingerprint density at radius 3 is 2.40 bits per heavy atom. The van der Waals surface area contributed by atoms with E-state index in [0.717, 1.165) is 10.8 Å². The molecule has 2 N–H and O–H groups in total. The summed E-state index contributed by atoms with van der Waals surface area (Å²) in [7, 11) is 0. The highest BCUT2D eigenvalue weighted by atomic mass is 32.1. The first-order valence-corrected chi connectivity index (χ1v) is 7.51. The molecule has 126 valence electrons. The summed E-state index contributed by atoms with van der Waals surface area (Å²) in [6.45, 7) is 0. The third-order valence-electron chi connectivity index (χ3n) is 3.40. The molecule has 5 nitrogen and oxygen atoms in total. The maximum Gasteiger partial charge on any atom is 0.264 e. The summed E-state index contributed by atoms with van der Waals surface area (Å²) in [6.07, 6.45) is 0.999. The van der Waals surface area contributed by atoms with Crippen molar-refractivity contribution in [2.24, 2.45) is 4.99 Å². The lowest BCUT2D eigenvalue weighted by Crippen LogP contribution is -2.18. The molecule has 0 unspecified atom stereocenters. The van der Waals surface area contributed by atoms with E-state index in [0.29, 0.717) is 0 Å². The van der Waals surface area contributed by atoms with Gasteiger partial charge in [-0.25, -0.2) is 8.78 Å². The van der Waals surface area contributed by atoms with Crippen molar-refractivity contribution in [1.29, 1.82) is 0 Å². The van der Waals surface area contributed by atoms with Gasteiger partial charge in [0.05, 0.1) is 11.4 Å². The van der Waals surface area contributed by atoms with Crippen LogP contribution in [0.15, 0.2) is 58.3 Å². The SMILES string of the molecule is O=c1[nH]c(=S)n(-c2ccccc2F)c(O)c1C=Nc1ccccc1F. The van der Waals surface area contributed by atoms with E-state index >= 15 is 0 Å². The van der Waals surface area contributed by atoms with Gasteiger partial charge in [0.25, 0.3) is 5.56 Å². The molecule has 0 aliphatic heterocycles. The fourth-order valence-corrected chi connectivity index (χ4v) is 2.48. The Morgan fingerprint density at radius 2 is 1.72 bits per heavy atom. The minimum Gasteiger partial charge on any atom is -0.494 e. The van der Waals surface area contributed by atoms with Crippen molar-refractivity contribution in [3.63, 3.8) is 0 Å². The molecular weight excluding hydrogens is 348 g/mol. The fourth-order valence-electron chi connectivity index (χ4n) is 2.20. The first-order chi connectivity index (χ1) is 12.0. The lowest BCUT2D eigenvalue weighted by atomic mass is 10.2. The molecule has 1 aromatic heterocycles. The Labute approximate surface area is 145 Å². The highest BCUT2D eigenvalue weighted by molar-refractivity contribution is 7.71. The number of halogens is 2. The number of aromatic nitrogens is 2. The predicted molar refractivity (Wildman–Crippen MR) is 92.5 cm³/mol. The van der Waals surface area contributed by atoms with Crippen LogP contribution in [0.3, 0.4) is 0 Å². The van der Waals surface area contributed by atoms with E-state index in [1.807, 2.05) is 0 Å². The zero-order chi connectivity index (χ0) is 18.0. The standard InChI is InChI=1S/C17H11F2N3O2S/c18-11-5-1-3-7-13(11)20-9-10-15(23)21-17(25)22(16(10)24)14-8-4-2-6-12(14)19/h1-9,24H,(H,21,23,25). The molecule has 0 bridgehead atoms. The summed E-state index contributed by atoms with van der Waals surface area (Å²) in [4.78, 5) is 18.3. The number of para-hydroxylation sites is 2. The van der Waals surface area contributed by atoms with Gasteiger partial charge in [-0.2, -0.15) is 0 Å². The lowest BCUT2D eigenvalue weighted by Gasteiger charge is -2.11. The predicted octanol–water partition coefficient (Wildman–Crippen LogP) is 3.63. The number of nitrogens with one attached hydrogen (secondary N) is 1. The third-order valence-corrected chi connectivity index (χ3v) is 3.68. The average Bonchev–Trinajstić information content (AvgIpc) is 2.57. The van der Waals surface area contributed by atoms with E-state index in [2.05, 4.69) is 9.98 Å². The molecule has 0 aliphatic rings. The molecule has 25 heavy (non-hydrogen) atoms. The molecule has 0 atom stereocenters. The van der Waals surface area contributed by atoms with Gasteiger partial charge < -0.3 is 5.11 Å². The van der Waals surface area contributed by atoms with Crippen LogP contribution in [0, 0.1) is 16.4 Å². The second-order valence-electron chi connectivity index (χ2n) is 4.99. The van der Waals surface area contributed by atoms with Crippen molar-refractivity contribution in [3.8, 4) is 11.6 Å². The van der Waals surface area contributed by atoms with Gasteiger partial charge in [-0.05, 0) is 36.5 Å². The number of aromatic hydroxyl groups is 1. The lowest BCUT2D eigenvalue weighted by molar-refractivity contribution is 0.429. The van der Waals surface area contributed by atoms with Crippen molar-refractivity contribution in [3.05, 3.63) is 80.9 Å². The highest BCUT2D eigenvalue weighted by Crippen LogP contribution is 2.22. The summed E-state index contributed by atoms with van der Waals surface area (Å²) < 4.78 is 28.4. The van der Waals surface area contributed by atoms with Gasteiger partial charge >= 0.3 is 0 Å². The Hall–Kier alpha value is -3.13. The van der Waals surface area contributed by atoms with Crippen LogP contribution in [0.1, 0.15) is 5.56 Å². The van der Waals surface area contributed by atoms with Gasteiger partial charge in [0, 0.05) is 6.21 Å². The van der Waals surface area contributed by atoms with Gasteiger partial charge in [0.1, 0.15) is 17.2 Å². The largest absolute Gasteiger partial charge is 0.494 e. The normalized spacial score (nSPS) is 11.1. The van der Waals surface area contributed by atoms with Crippen LogP contribution >= 0.6 is 12.2 Å². The van der Waals surface area contributed by atoms with Crippen LogP contribution in [0.4, 0.5) is 14.5 Å². The second kappa shape index (κ2) is 6.78. The molecule has 0 amide bonds. The number of rotatable bonds is 3. The Morgan fingerprint density at radius 1 is 1.08 bits per heavy atom. The van der Waals surface area contributed by atoms with Crippen LogP contribution in [-0.2, 0) is 0 Å². The van der Waals surface area contributed by atoms with Crippen molar-refractivity contribution < 1.29 is 13.9 Å². The Balaban J connectivity index is 2.18. The molecule has 0 aliphatic carbocycles. The fraction of sp³-hybridized carbons (Fsp3) is 0. The van der Waals surface area contributed by atoms with Crippen LogP contribution in [0.2, 0.25) is 0 Å². The van der Waals surface area contributed by atoms with Gasteiger partial charge in [0.15, 0.2) is 4.77 Å². The Kier molecular flexibility index (Phi) is 4.53. The van der Waals surface area contributed by atoms with Gasteiger partial charge in [-0.1, -0.05) is 24.3 Å². The van der Waals surface area contributed by atoms with Crippen molar-refractivity contribution in [2.75, 3.05) is 0 Å². The van der Waals surface area contributed by atoms with Crippen molar-refractivity contribution >= 4 is 24.1 Å². The number of hydrogen-bond acceptors (Lipinski definition) is 4. The zero-order valence-corrected chi connectivity index (χ0v) is 13.4. The molecule has 0 saturated carbocycles. The molecule has 0 spiro atoms. The number of nitrogens with zero attached hydrogens (tertiary/aromatic N) is 2. The third kappa shape index (κ3) is 3.24. The summed E-state index contributed by atoms with van der Waals surface area (Å²) in [5, 5.41) is 10.4. The van der Waals surface area contributed by atoms with E-state index in [9.17, 15) is 18.7 Å². The van der Waals surface area contributed by atoms with Gasteiger partial charge in [-0.3, -0.25) is 19.3 Å². The molecule has 0 fully saturated rings. The number of aromatic amines is 1. The van der Waals surface area contributed by atoms with E-state index in [-0.39, 0.29) is 21.7 Å². The molecule has 2 aromatic carbocycles. The van der Waals surface area contributed by atoms with E-state index in [1.165, 1.54) is 36.4 Å². The quantitative estimate of drug-likeness (QED) is 0.554. The molecule has 0 saturated heterocycles. The van der Waals surface area contributed by atoms with Gasteiger partial charge in [0.2, 0.25) is 5.88 Å². The molecule has 8 heteroatoms. The van der Waals surface area contributed by atoms with Crippen molar-refractivity contribution in [1.82, 2.24) is 9.55 Å². The maximum atomic E-state index is 14.0. The summed E-state index contributed by atoms with van der Waals surface area (Å²) >= 11 is 5.00. The number of aliphatic imine (C=N–C) groups is 1. The molecule has 3 rings (SSSR count). The minimum atomic E-state index is -0.727. The molecular formula is C17H11F2N3O2S. The van der Waals surface area contributed by atoms with Crippen LogP contribution in [0.25, 0.3) is 5.69 Å². The maximum absolute atomic E-state index is 14.0. The first kappa shape index (κ1) is 16.7. The minimum absolute atomic E-state index is 0.0128. The van der Waals surface area contributed by atoms with Crippen LogP contribution in [-0.4, -0.2) is 20.9 Å². The smallest absolute Gasteiger partial charge is 0.264 e.